The maximum Gasteiger partial charge on any atom is 0.225 e. The number of rotatable bonds is 9. The normalized spacial score (nSPS) is 17.4. The van der Waals surface area contributed by atoms with Crippen molar-refractivity contribution in [3.05, 3.63) is 96.7 Å². The van der Waals surface area contributed by atoms with E-state index in [2.05, 4.69) is 31.8 Å². The van der Waals surface area contributed by atoms with Crippen LogP contribution in [-0.2, 0) is 27.6 Å². The van der Waals surface area contributed by atoms with Gasteiger partial charge in [-0.05, 0) is 41.8 Å². The van der Waals surface area contributed by atoms with Crippen molar-refractivity contribution in [3.63, 3.8) is 0 Å². The predicted molar refractivity (Wildman–Crippen MR) is 160 cm³/mol. The summed E-state index contributed by atoms with van der Waals surface area (Å²) in [6.07, 6.45) is 9.36. The lowest BCUT2D eigenvalue weighted by Gasteiger charge is -2.38. The maximum absolute atomic E-state index is 12.0. The molecule has 0 radical (unpaired) electrons. The summed E-state index contributed by atoms with van der Waals surface area (Å²) in [6.45, 7) is 3.82. The maximum atomic E-state index is 12.0. The van der Waals surface area contributed by atoms with Gasteiger partial charge in [-0.15, -0.1) is 0 Å². The van der Waals surface area contributed by atoms with Crippen molar-refractivity contribution in [1.82, 2.24) is 24.5 Å². The molecular formula is C31H32N6O4S. The van der Waals surface area contributed by atoms with Crippen LogP contribution in [-0.4, -0.2) is 64.5 Å². The zero-order valence-corrected chi connectivity index (χ0v) is 24.3. The SMILES string of the molecule is CCc1cnc(N2CCC(Oc3cc(-n4ccc5cc(S(C)(=O)=O)ccc54)ncn3)C(OCc3ccccc3)C2)nc1. The van der Waals surface area contributed by atoms with E-state index in [1.165, 1.54) is 12.6 Å². The summed E-state index contributed by atoms with van der Waals surface area (Å²) >= 11 is 0. The highest BCUT2D eigenvalue weighted by atomic mass is 32.2. The number of anilines is 1. The third kappa shape index (κ3) is 6.12. The first-order chi connectivity index (χ1) is 20.4. The Kier molecular flexibility index (Phi) is 7.86. The number of hydrogen-bond acceptors (Lipinski definition) is 9. The smallest absolute Gasteiger partial charge is 0.225 e. The van der Waals surface area contributed by atoms with Gasteiger partial charge in [0.25, 0.3) is 0 Å². The quantitative estimate of drug-likeness (QED) is 0.249. The Bertz CT molecular complexity index is 1780. The summed E-state index contributed by atoms with van der Waals surface area (Å²) in [5.41, 5.74) is 3.01. The van der Waals surface area contributed by atoms with Crippen molar-refractivity contribution in [2.75, 3.05) is 24.2 Å². The average molecular weight is 585 g/mol. The minimum absolute atomic E-state index is 0.249. The number of hydrogen-bond donors (Lipinski definition) is 0. The van der Waals surface area contributed by atoms with E-state index in [4.69, 9.17) is 9.47 Å². The molecule has 0 bridgehead atoms. The molecule has 1 aliphatic heterocycles. The van der Waals surface area contributed by atoms with Crippen LogP contribution in [0.4, 0.5) is 5.95 Å². The fourth-order valence-corrected chi connectivity index (χ4v) is 5.73. The Morgan fingerprint density at radius 2 is 1.74 bits per heavy atom. The van der Waals surface area contributed by atoms with E-state index in [1.54, 1.807) is 24.3 Å². The van der Waals surface area contributed by atoms with E-state index in [0.717, 1.165) is 28.5 Å². The Morgan fingerprint density at radius 1 is 0.929 bits per heavy atom. The Hall–Kier alpha value is -4.35. The van der Waals surface area contributed by atoms with Gasteiger partial charge in [0.15, 0.2) is 9.84 Å². The minimum Gasteiger partial charge on any atom is -0.471 e. The molecule has 42 heavy (non-hydrogen) atoms. The molecule has 216 valence electrons. The first-order valence-corrected chi connectivity index (χ1v) is 15.8. The van der Waals surface area contributed by atoms with E-state index >= 15 is 0 Å². The lowest BCUT2D eigenvalue weighted by Crippen LogP contribution is -2.51. The number of sulfone groups is 1. The molecule has 3 aromatic heterocycles. The molecule has 10 nitrogen and oxygen atoms in total. The van der Waals surface area contributed by atoms with Gasteiger partial charge in [0.1, 0.15) is 24.4 Å². The second-order valence-corrected chi connectivity index (χ2v) is 12.4. The molecule has 2 aromatic carbocycles. The van der Waals surface area contributed by atoms with Gasteiger partial charge in [-0.25, -0.2) is 28.4 Å². The van der Waals surface area contributed by atoms with E-state index in [1.807, 2.05) is 59.6 Å². The van der Waals surface area contributed by atoms with Gasteiger partial charge < -0.3 is 18.9 Å². The highest BCUT2D eigenvalue weighted by molar-refractivity contribution is 7.90. The molecule has 2 atom stereocenters. The number of fused-ring (bicyclic) bond motifs is 1. The molecule has 0 N–H and O–H groups in total. The predicted octanol–water partition coefficient (Wildman–Crippen LogP) is 4.42. The number of piperidine rings is 1. The second kappa shape index (κ2) is 11.9. The molecule has 0 spiro atoms. The molecule has 2 unspecified atom stereocenters. The van der Waals surface area contributed by atoms with Crippen LogP contribution >= 0.6 is 0 Å². The van der Waals surface area contributed by atoms with Crippen molar-refractivity contribution in [1.29, 1.82) is 0 Å². The molecule has 1 aliphatic rings. The largest absolute Gasteiger partial charge is 0.471 e. The molecule has 0 aliphatic carbocycles. The fourth-order valence-electron chi connectivity index (χ4n) is 5.08. The molecule has 0 amide bonds. The Balaban J connectivity index is 1.23. The summed E-state index contributed by atoms with van der Waals surface area (Å²) in [7, 11) is -3.30. The first-order valence-electron chi connectivity index (χ1n) is 13.9. The molecule has 0 saturated carbocycles. The first kappa shape index (κ1) is 27.8. The lowest BCUT2D eigenvalue weighted by atomic mass is 10.0. The van der Waals surface area contributed by atoms with Crippen LogP contribution in [0.2, 0.25) is 0 Å². The van der Waals surface area contributed by atoms with Crippen molar-refractivity contribution < 1.29 is 17.9 Å². The minimum atomic E-state index is -3.30. The molecular weight excluding hydrogens is 552 g/mol. The number of ether oxygens (including phenoxy) is 2. The fraction of sp³-hybridized carbons (Fsp3) is 0.290. The van der Waals surface area contributed by atoms with Crippen LogP contribution < -0.4 is 9.64 Å². The molecule has 1 saturated heterocycles. The van der Waals surface area contributed by atoms with Gasteiger partial charge in [-0.2, -0.15) is 0 Å². The van der Waals surface area contributed by atoms with Crippen LogP contribution in [0.25, 0.3) is 16.7 Å². The highest BCUT2D eigenvalue weighted by Gasteiger charge is 2.33. The summed E-state index contributed by atoms with van der Waals surface area (Å²) in [5.74, 6) is 1.73. The second-order valence-electron chi connectivity index (χ2n) is 10.4. The zero-order chi connectivity index (χ0) is 29.1. The molecule has 6 rings (SSSR count). The summed E-state index contributed by atoms with van der Waals surface area (Å²) in [4.78, 5) is 20.4. The Labute approximate surface area is 244 Å². The van der Waals surface area contributed by atoms with Gasteiger partial charge in [0.05, 0.1) is 23.6 Å². The third-order valence-electron chi connectivity index (χ3n) is 7.42. The van der Waals surface area contributed by atoms with Crippen molar-refractivity contribution >= 4 is 26.7 Å². The van der Waals surface area contributed by atoms with E-state index < -0.39 is 9.84 Å². The van der Waals surface area contributed by atoms with Crippen molar-refractivity contribution in [2.45, 2.75) is 43.5 Å². The van der Waals surface area contributed by atoms with Gasteiger partial charge >= 0.3 is 0 Å². The highest BCUT2D eigenvalue weighted by Crippen LogP contribution is 2.26. The van der Waals surface area contributed by atoms with E-state index in [9.17, 15) is 8.42 Å². The number of aryl methyl sites for hydroxylation is 1. The van der Waals surface area contributed by atoms with Crippen LogP contribution in [0, 0.1) is 0 Å². The van der Waals surface area contributed by atoms with Crippen LogP contribution in [0.3, 0.4) is 0 Å². The van der Waals surface area contributed by atoms with E-state index in [0.29, 0.717) is 43.8 Å². The van der Waals surface area contributed by atoms with E-state index in [-0.39, 0.29) is 17.1 Å². The third-order valence-corrected chi connectivity index (χ3v) is 8.53. The molecule has 5 aromatic rings. The topological polar surface area (TPSA) is 112 Å². The number of aromatic nitrogens is 5. The molecule has 1 fully saturated rings. The van der Waals surface area contributed by atoms with Crippen LogP contribution in [0.5, 0.6) is 5.88 Å². The standard InChI is InChI=1S/C31H32N6O4S/c1-3-22-17-32-31(33-18-22)36-13-12-27(28(19-36)40-20-23-7-5-4-6-8-23)41-30-16-29(34-21-35-30)37-14-11-24-15-25(42(2,38)39)9-10-26(24)37/h4-11,14-18,21,27-28H,3,12-13,19-20H2,1-2H3. The lowest BCUT2D eigenvalue weighted by molar-refractivity contribution is -0.0431. The average Bonchev–Trinajstić information content (AvgIpc) is 3.44. The number of nitrogens with zero attached hydrogens (tertiary/aromatic N) is 6. The van der Waals surface area contributed by atoms with Gasteiger partial charge in [0.2, 0.25) is 11.8 Å². The molecule has 4 heterocycles. The molecule has 11 heteroatoms. The summed E-state index contributed by atoms with van der Waals surface area (Å²) in [5, 5.41) is 0.801. The van der Waals surface area contributed by atoms with Crippen molar-refractivity contribution in [3.8, 4) is 11.7 Å². The summed E-state index contributed by atoms with van der Waals surface area (Å²) < 4.78 is 38.8. The summed E-state index contributed by atoms with van der Waals surface area (Å²) in [6, 6.07) is 18.8. The monoisotopic (exact) mass is 584 g/mol. The zero-order valence-electron chi connectivity index (χ0n) is 23.5. The van der Waals surface area contributed by atoms with Crippen LogP contribution in [0.15, 0.2) is 90.5 Å². The van der Waals surface area contributed by atoms with Gasteiger partial charge in [0, 0.05) is 49.3 Å². The van der Waals surface area contributed by atoms with Gasteiger partial charge in [-0.1, -0.05) is 37.3 Å². The van der Waals surface area contributed by atoms with Gasteiger partial charge in [-0.3, -0.25) is 0 Å². The van der Waals surface area contributed by atoms with Crippen LogP contribution in [0.1, 0.15) is 24.5 Å². The Morgan fingerprint density at radius 3 is 2.50 bits per heavy atom. The number of benzene rings is 2. The van der Waals surface area contributed by atoms with Crippen molar-refractivity contribution in [2.24, 2.45) is 0 Å².